The molecule has 18 aromatic carbocycles. The summed E-state index contributed by atoms with van der Waals surface area (Å²) in [7, 11) is -2.83. The molecule has 5 heterocycles. The first-order valence-corrected chi connectivity index (χ1v) is 51.4. The topological polar surface area (TPSA) is 135 Å². The standard InChI is InChI=1S/C32H26BNO2.C32H24BrN.C24H17N.C12H7Br2N.C8H8BrI.C6H7BO2.C5H2Br3N/c1-21-18-32(22(2)17-29(21)33(35)36)34-30-15-13-25(23-9-5-3-6-10-23)19-27(30)28-20-26(14-16-31(28)34)24-11-7-4-8-12-24;1-21-18-32(22(2)17-29(21)33)34-30-15-13-25(23-9-5-3-6-10-23)19-27(30)28-20-26(14-16-31(28)34)24-11-7-4-8-12-24;1-3-7-17(8-4-1)19-11-13-23-21(15-19)22-16-20(12-14-24(22)25-23)18-9-5-2-6-10-18;13-7-1-3-11-9(5-7)10-6-8(14)2-4-12(10)15-11;1-5-4-8(10)6(2)3-7(5)9;8-7(9)6-4-2-1-3-5-6;6-3-1-4(7)9-5(8)2-3/h3-20,35-36H,1-2H3;3-20H,1-2H3;1-16,25H;1-6,15H;3-4H,1-2H3;1-5,8-9H;1-2H. The van der Waals surface area contributed by atoms with Crippen LogP contribution in [0.25, 0.3) is 165 Å². The number of hydrogen-bond donors (Lipinski definition) is 6. The van der Waals surface area contributed by atoms with Gasteiger partial charge in [-0.3, -0.25) is 0 Å². The molecule has 0 radical (unpaired) electrons. The molecule has 0 unspecified atom stereocenters. The SMILES string of the molecule is Brc1cc(Br)nc(Br)c1.Brc1ccc2[nH]c3ccc(Br)cc3c2c1.Cc1cc(-n2c3ccc(-c4ccccc4)cc3c3cc(-c4ccccc4)ccc32)c(C)cc1B(O)O.Cc1cc(-n2c3ccc(-c4ccccc4)cc3c3cc(-c4ccccc4)ccc32)c(C)cc1Br.Cc1cc(I)c(C)cc1Br.OB(O)c1ccccc1.c1ccc(-c2ccc3[nH]c4ccc(-c5ccccc5)cc4c3c2)cc1. The van der Waals surface area contributed by atoms with E-state index in [9.17, 15) is 10.0 Å². The van der Waals surface area contributed by atoms with Crippen LogP contribution in [0.3, 0.4) is 0 Å². The van der Waals surface area contributed by atoms with Crippen molar-refractivity contribution in [2.75, 3.05) is 0 Å². The van der Waals surface area contributed by atoms with E-state index in [0.717, 1.165) is 54.9 Å². The van der Waals surface area contributed by atoms with Crippen molar-refractivity contribution in [2.45, 2.75) is 41.5 Å². The van der Waals surface area contributed by atoms with Crippen molar-refractivity contribution in [3.05, 3.63) is 475 Å². The highest BCUT2D eigenvalue weighted by Crippen LogP contribution is 2.43. The zero-order valence-electron chi connectivity index (χ0n) is 76.0. The number of H-pyrrole nitrogens is 2. The molecule has 0 atom stereocenters. The number of halogens is 8. The molecule has 0 fully saturated rings. The highest BCUT2D eigenvalue weighted by molar-refractivity contribution is 14.1. The second-order valence-corrected chi connectivity index (χ2v) is 41.0. The van der Waals surface area contributed by atoms with Crippen LogP contribution in [0.1, 0.15) is 33.4 Å². The first-order chi connectivity index (χ1) is 66.8. The zero-order valence-corrected chi connectivity index (χ0v) is 89.3. The number of aromatic nitrogens is 5. The Labute approximate surface area is 876 Å². The molecule has 0 saturated carbocycles. The molecule has 0 spiro atoms. The summed E-state index contributed by atoms with van der Waals surface area (Å²) < 4.78 is 13.3. The van der Waals surface area contributed by atoms with E-state index in [1.165, 1.54) is 179 Å². The van der Waals surface area contributed by atoms with Crippen molar-refractivity contribution in [3.63, 3.8) is 0 Å². The number of hydrogen-bond acceptors (Lipinski definition) is 5. The smallest absolute Gasteiger partial charge is 0.423 e. The lowest BCUT2D eigenvalue weighted by atomic mass is 9.76. The summed E-state index contributed by atoms with van der Waals surface area (Å²) >= 11 is 26.3. The minimum absolute atomic E-state index is 0.525. The van der Waals surface area contributed by atoms with Crippen LogP contribution < -0.4 is 10.9 Å². The van der Waals surface area contributed by atoms with Gasteiger partial charge in [0.2, 0.25) is 0 Å². The molecule has 0 aliphatic heterocycles. The van der Waals surface area contributed by atoms with Gasteiger partial charge in [-0.05, 0) is 359 Å². The summed E-state index contributed by atoms with van der Waals surface area (Å²) in [5.41, 5.74) is 34.3. The third-order valence-corrected chi connectivity index (χ3v) is 29.5. The molecule has 23 rings (SSSR count). The van der Waals surface area contributed by atoms with Gasteiger partial charge in [-0.1, -0.05) is 334 Å². The number of rotatable bonds is 10. The summed E-state index contributed by atoms with van der Waals surface area (Å²) in [6, 6.07) is 141. The number of fused-ring (bicyclic) bond motifs is 12. The quantitative estimate of drug-likeness (QED) is 0.0461. The molecule has 9 nitrogen and oxygen atoms in total. The van der Waals surface area contributed by atoms with Crippen LogP contribution in [0.15, 0.2) is 438 Å². The summed E-state index contributed by atoms with van der Waals surface area (Å²) in [5.74, 6) is 0. The maximum atomic E-state index is 9.82. The summed E-state index contributed by atoms with van der Waals surface area (Å²) in [5, 5.41) is 46.8. The molecule has 0 amide bonds. The molecule has 678 valence electrons. The molecule has 0 aliphatic carbocycles. The Bertz CT molecular complexity index is 7880. The van der Waals surface area contributed by atoms with Crippen LogP contribution in [0, 0.1) is 45.1 Å². The molecular weight excluding hydrogens is 2270 g/mol. The van der Waals surface area contributed by atoms with Gasteiger partial charge in [-0.2, -0.15) is 0 Å². The molecule has 6 N–H and O–H groups in total. The summed E-state index contributed by atoms with van der Waals surface area (Å²) in [6.07, 6.45) is 0. The van der Waals surface area contributed by atoms with Gasteiger partial charge in [-0.25, -0.2) is 4.98 Å². The van der Waals surface area contributed by atoms with Gasteiger partial charge >= 0.3 is 14.2 Å². The average Bonchev–Trinajstić information content (AvgIpc) is 1.58. The summed E-state index contributed by atoms with van der Waals surface area (Å²) in [6.45, 7) is 12.5. The van der Waals surface area contributed by atoms with Gasteiger partial charge < -0.3 is 39.2 Å². The van der Waals surface area contributed by atoms with E-state index >= 15 is 0 Å². The predicted molar refractivity (Wildman–Crippen MR) is 618 cm³/mol. The van der Waals surface area contributed by atoms with Crippen molar-refractivity contribution in [2.24, 2.45) is 0 Å². The number of nitrogens with one attached hydrogen (secondary N) is 2. The Kier molecular flexibility index (Phi) is 31.7. The lowest BCUT2D eigenvalue weighted by Gasteiger charge is -2.15. The maximum Gasteiger partial charge on any atom is 0.488 e. The monoisotopic (exact) mass is 2360 g/mol. The number of benzene rings is 18. The number of pyridine rings is 1. The first kappa shape index (κ1) is 98.0. The van der Waals surface area contributed by atoms with Gasteiger partial charge in [0.15, 0.2) is 0 Å². The fourth-order valence-corrected chi connectivity index (χ4v) is 21.7. The Morgan fingerprint density at radius 2 is 0.514 bits per heavy atom. The number of nitrogens with zero attached hydrogens (tertiary/aromatic N) is 3. The lowest BCUT2D eigenvalue weighted by molar-refractivity contribution is 0.424. The predicted octanol–water partition coefficient (Wildman–Crippen LogP) is 33.8. The molecule has 138 heavy (non-hydrogen) atoms. The highest BCUT2D eigenvalue weighted by Gasteiger charge is 2.23. The van der Waals surface area contributed by atoms with Gasteiger partial charge in [0.25, 0.3) is 0 Å². The van der Waals surface area contributed by atoms with E-state index in [-0.39, 0.29) is 0 Å². The Morgan fingerprint density at radius 3 is 0.819 bits per heavy atom. The normalized spacial score (nSPS) is 11.0. The van der Waals surface area contributed by atoms with E-state index in [0.29, 0.717) is 10.9 Å². The Balaban J connectivity index is 0.000000119. The fraction of sp³-hybridized carbons (Fsp3) is 0.0504. The third kappa shape index (κ3) is 22.8. The minimum atomic E-state index is -1.49. The molecule has 0 bridgehead atoms. The van der Waals surface area contributed by atoms with Gasteiger partial charge in [-0.15, -0.1) is 0 Å². The fourth-order valence-electron chi connectivity index (χ4n) is 17.3. The largest absolute Gasteiger partial charge is 0.488 e. The van der Waals surface area contributed by atoms with E-state index in [2.05, 4.69) is 520 Å². The second kappa shape index (κ2) is 44.7. The van der Waals surface area contributed by atoms with Gasteiger partial charge in [0.1, 0.15) is 9.21 Å². The van der Waals surface area contributed by atoms with Gasteiger partial charge in [0, 0.05) is 102 Å². The average molecular weight is 2360 g/mol. The van der Waals surface area contributed by atoms with E-state index in [1.807, 2.05) is 62.4 Å². The van der Waals surface area contributed by atoms with E-state index < -0.39 is 14.2 Å². The maximum absolute atomic E-state index is 9.82. The third-order valence-electron chi connectivity index (χ3n) is 24.4. The van der Waals surface area contributed by atoms with Gasteiger partial charge in [0.05, 0.1) is 22.1 Å². The van der Waals surface area contributed by atoms with Crippen LogP contribution in [0.2, 0.25) is 0 Å². The van der Waals surface area contributed by atoms with Crippen LogP contribution >= 0.6 is 134 Å². The minimum Gasteiger partial charge on any atom is -0.423 e. The second-order valence-electron chi connectivity index (χ2n) is 33.8. The Hall–Kier alpha value is -11.6. The Morgan fingerprint density at radius 1 is 0.239 bits per heavy atom. The van der Waals surface area contributed by atoms with Crippen molar-refractivity contribution in [1.29, 1.82) is 0 Å². The van der Waals surface area contributed by atoms with Crippen molar-refractivity contribution >= 4 is 246 Å². The zero-order chi connectivity index (χ0) is 96.4. The summed E-state index contributed by atoms with van der Waals surface area (Å²) in [4.78, 5) is 11.0. The molecule has 5 aromatic heterocycles. The van der Waals surface area contributed by atoms with Crippen LogP contribution in [-0.2, 0) is 0 Å². The molecule has 0 saturated heterocycles. The van der Waals surface area contributed by atoms with E-state index in [4.69, 9.17) is 10.0 Å². The van der Waals surface area contributed by atoms with Crippen LogP contribution in [-0.4, -0.2) is 58.4 Å². The van der Waals surface area contributed by atoms with Crippen molar-refractivity contribution in [3.8, 4) is 78.1 Å². The van der Waals surface area contributed by atoms with Crippen molar-refractivity contribution < 1.29 is 20.1 Å². The molecule has 0 aliphatic rings. The van der Waals surface area contributed by atoms with E-state index in [1.54, 1.807) is 24.3 Å². The number of aromatic amines is 2. The highest BCUT2D eigenvalue weighted by atomic mass is 127. The van der Waals surface area contributed by atoms with Crippen molar-refractivity contribution in [1.82, 2.24) is 24.1 Å². The van der Waals surface area contributed by atoms with Crippen LogP contribution in [0.5, 0.6) is 0 Å². The molecule has 19 heteroatoms. The van der Waals surface area contributed by atoms with Crippen LogP contribution in [0.4, 0.5) is 0 Å². The molecule has 23 aromatic rings. The first-order valence-electron chi connectivity index (χ1n) is 44.8. The molecular formula is C119H91B2Br7IN5O4. The number of aryl methyl sites for hydroxylation is 6. The lowest BCUT2D eigenvalue weighted by Crippen LogP contribution is -2.32.